The number of ether oxygens (including phenoxy) is 1. The SMILES string of the molecule is CCCN(CCC)C(=O)CCCC(=O)N[C@@H](Cc1cc(F)cc(F)c1)[C@H](O)CNCc1cccc(OC)c1. The number of hydrogen-bond acceptors (Lipinski definition) is 5. The topological polar surface area (TPSA) is 90.9 Å². The van der Waals surface area contributed by atoms with E-state index in [-0.39, 0.29) is 37.6 Å². The molecule has 0 heterocycles. The Morgan fingerprint density at radius 2 is 1.68 bits per heavy atom. The van der Waals surface area contributed by atoms with Crippen molar-refractivity contribution in [2.75, 3.05) is 26.7 Å². The first-order valence-electron chi connectivity index (χ1n) is 13.3. The molecule has 210 valence electrons. The zero-order valence-electron chi connectivity index (χ0n) is 22.6. The molecule has 9 heteroatoms. The van der Waals surface area contributed by atoms with E-state index in [0.29, 0.717) is 37.4 Å². The van der Waals surface area contributed by atoms with Gasteiger partial charge in [0.1, 0.15) is 17.4 Å². The summed E-state index contributed by atoms with van der Waals surface area (Å²) in [6.07, 6.45) is 1.51. The highest BCUT2D eigenvalue weighted by molar-refractivity contribution is 5.79. The summed E-state index contributed by atoms with van der Waals surface area (Å²) >= 11 is 0. The lowest BCUT2D eigenvalue weighted by atomic mass is 10.00. The molecule has 0 aliphatic heterocycles. The highest BCUT2D eigenvalue weighted by atomic mass is 19.1. The highest BCUT2D eigenvalue weighted by Crippen LogP contribution is 2.14. The Kier molecular flexibility index (Phi) is 13.7. The van der Waals surface area contributed by atoms with E-state index in [1.807, 2.05) is 43.0 Å². The standard InChI is InChI=1S/C29H41F2N3O4/c1-4-12-34(13-5-2)29(37)11-7-10-28(36)33-26(17-22-14-23(30)18-24(31)15-22)27(35)20-32-19-21-8-6-9-25(16-21)38-3/h6,8-9,14-16,18,26-27,32,35H,4-5,7,10-13,17,19-20H2,1-3H3,(H,33,36)/t26-,27+/m0/s1. The number of benzene rings is 2. The van der Waals surface area contributed by atoms with Crippen LogP contribution in [0.5, 0.6) is 5.75 Å². The van der Waals surface area contributed by atoms with Crippen LogP contribution in [0.4, 0.5) is 8.78 Å². The number of rotatable bonds is 17. The molecule has 7 nitrogen and oxygen atoms in total. The third-order valence-corrected chi connectivity index (χ3v) is 6.14. The zero-order chi connectivity index (χ0) is 27.9. The molecule has 2 amide bonds. The molecule has 0 fully saturated rings. The number of methoxy groups -OCH3 is 1. The van der Waals surface area contributed by atoms with E-state index in [4.69, 9.17) is 4.74 Å². The first-order chi connectivity index (χ1) is 18.2. The van der Waals surface area contributed by atoms with Gasteiger partial charge in [-0.25, -0.2) is 8.78 Å². The second-order valence-electron chi connectivity index (χ2n) is 9.44. The molecule has 0 unspecified atom stereocenters. The second-order valence-corrected chi connectivity index (χ2v) is 9.44. The molecule has 0 aliphatic carbocycles. The largest absolute Gasteiger partial charge is 0.497 e. The number of carbonyl (C=O) groups is 2. The van der Waals surface area contributed by atoms with Crippen molar-refractivity contribution in [1.29, 1.82) is 0 Å². The van der Waals surface area contributed by atoms with Crippen LogP contribution in [0.2, 0.25) is 0 Å². The van der Waals surface area contributed by atoms with E-state index in [1.54, 1.807) is 7.11 Å². The van der Waals surface area contributed by atoms with Crippen LogP contribution < -0.4 is 15.4 Å². The fraction of sp³-hybridized carbons (Fsp3) is 0.517. The molecule has 2 atom stereocenters. The van der Waals surface area contributed by atoms with Gasteiger partial charge in [-0.15, -0.1) is 0 Å². The number of nitrogens with one attached hydrogen (secondary N) is 2. The van der Waals surface area contributed by atoms with E-state index in [9.17, 15) is 23.5 Å². The van der Waals surface area contributed by atoms with Gasteiger partial charge in [0.05, 0.1) is 19.3 Å². The van der Waals surface area contributed by atoms with Gasteiger partial charge < -0.3 is 25.4 Å². The van der Waals surface area contributed by atoms with Crippen molar-refractivity contribution in [3.05, 3.63) is 65.2 Å². The van der Waals surface area contributed by atoms with Crippen LogP contribution in [-0.4, -0.2) is 60.7 Å². The molecular formula is C29H41F2N3O4. The lowest BCUT2D eigenvalue weighted by Gasteiger charge is -2.25. The Morgan fingerprint density at radius 1 is 1.00 bits per heavy atom. The number of aliphatic hydroxyl groups excluding tert-OH is 1. The quantitative estimate of drug-likeness (QED) is 0.286. The number of amides is 2. The van der Waals surface area contributed by atoms with Crippen LogP contribution in [0.25, 0.3) is 0 Å². The first-order valence-corrected chi connectivity index (χ1v) is 13.3. The summed E-state index contributed by atoms with van der Waals surface area (Å²) < 4.78 is 32.8. The van der Waals surface area contributed by atoms with Gasteiger partial charge in [0.2, 0.25) is 11.8 Å². The fourth-order valence-corrected chi connectivity index (χ4v) is 4.29. The van der Waals surface area contributed by atoms with Gasteiger partial charge >= 0.3 is 0 Å². The Hall–Kier alpha value is -3.04. The molecule has 0 radical (unpaired) electrons. The van der Waals surface area contributed by atoms with E-state index >= 15 is 0 Å². The van der Waals surface area contributed by atoms with Crippen molar-refractivity contribution in [2.45, 2.75) is 71.1 Å². The molecule has 2 aromatic carbocycles. The second kappa shape index (κ2) is 16.7. The van der Waals surface area contributed by atoms with Gasteiger partial charge in [-0.1, -0.05) is 26.0 Å². The molecule has 0 spiro atoms. The first kappa shape index (κ1) is 31.2. The minimum absolute atomic E-state index is 0.0232. The van der Waals surface area contributed by atoms with Crippen molar-refractivity contribution < 1.29 is 28.2 Å². The number of carbonyl (C=O) groups excluding carboxylic acids is 2. The molecule has 0 bridgehead atoms. The average Bonchev–Trinajstić information content (AvgIpc) is 2.87. The van der Waals surface area contributed by atoms with Crippen molar-refractivity contribution in [1.82, 2.24) is 15.5 Å². The van der Waals surface area contributed by atoms with Gasteiger partial charge in [0.15, 0.2) is 0 Å². The van der Waals surface area contributed by atoms with Crippen molar-refractivity contribution in [2.24, 2.45) is 0 Å². The lowest BCUT2D eigenvalue weighted by molar-refractivity contribution is -0.131. The molecule has 0 saturated heterocycles. The Balaban J connectivity index is 1.97. The summed E-state index contributed by atoms with van der Waals surface area (Å²) in [7, 11) is 1.58. The third kappa shape index (κ3) is 11.1. The minimum Gasteiger partial charge on any atom is -0.497 e. The maximum atomic E-state index is 13.8. The zero-order valence-corrected chi connectivity index (χ0v) is 22.6. The number of halogens is 2. The molecular weight excluding hydrogens is 492 g/mol. The van der Waals surface area contributed by atoms with Crippen molar-refractivity contribution in [3.63, 3.8) is 0 Å². The number of hydrogen-bond donors (Lipinski definition) is 3. The van der Waals surface area contributed by atoms with Crippen LogP contribution in [0, 0.1) is 11.6 Å². The normalized spacial score (nSPS) is 12.6. The molecule has 0 aliphatic rings. The molecule has 38 heavy (non-hydrogen) atoms. The van der Waals surface area contributed by atoms with E-state index in [2.05, 4.69) is 10.6 Å². The van der Waals surface area contributed by atoms with Crippen molar-refractivity contribution >= 4 is 11.8 Å². The minimum atomic E-state index is -1.03. The van der Waals surface area contributed by atoms with Crippen LogP contribution in [0.1, 0.15) is 57.1 Å². The maximum Gasteiger partial charge on any atom is 0.222 e. The van der Waals surface area contributed by atoms with Gasteiger partial charge in [-0.05, 0) is 61.1 Å². The summed E-state index contributed by atoms with van der Waals surface area (Å²) in [5.41, 5.74) is 1.28. The predicted molar refractivity (Wildman–Crippen MR) is 144 cm³/mol. The summed E-state index contributed by atoms with van der Waals surface area (Å²) in [6, 6.07) is 9.86. The third-order valence-electron chi connectivity index (χ3n) is 6.14. The Morgan fingerprint density at radius 3 is 2.32 bits per heavy atom. The number of nitrogens with zero attached hydrogens (tertiary/aromatic N) is 1. The molecule has 0 saturated carbocycles. The van der Waals surface area contributed by atoms with Gasteiger partial charge in [-0.2, -0.15) is 0 Å². The van der Waals surface area contributed by atoms with Crippen LogP contribution in [0.3, 0.4) is 0 Å². The number of aliphatic hydroxyl groups is 1. The van der Waals surface area contributed by atoms with Crippen molar-refractivity contribution in [3.8, 4) is 5.75 Å². The van der Waals surface area contributed by atoms with Crippen LogP contribution in [0.15, 0.2) is 42.5 Å². The monoisotopic (exact) mass is 533 g/mol. The van der Waals surface area contributed by atoms with E-state index < -0.39 is 23.8 Å². The molecule has 2 aromatic rings. The predicted octanol–water partition coefficient (Wildman–Crippen LogP) is 3.97. The summed E-state index contributed by atoms with van der Waals surface area (Å²) in [4.78, 5) is 27.0. The summed E-state index contributed by atoms with van der Waals surface area (Å²) in [6.45, 7) is 6.02. The molecule has 2 rings (SSSR count). The smallest absolute Gasteiger partial charge is 0.222 e. The Labute approximate surface area is 224 Å². The fourth-order valence-electron chi connectivity index (χ4n) is 4.29. The van der Waals surface area contributed by atoms with Crippen LogP contribution >= 0.6 is 0 Å². The van der Waals surface area contributed by atoms with Gasteiger partial charge in [0, 0.05) is 45.1 Å². The van der Waals surface area contributed by atoms with E-state index in [1.165, 1.54) is 12.1 Å². The maximum absolute atomic E-state index is 13.8. The lowest BCUT2D eigenvalue weighted by Crippen LogP contribution is -2.48. The Bertz CT molecular complexity index is 995. The average molecular weight is 534 g/mol. The van der Waals surface area contributed by atoms with Gasteiger partial charge in [-0.3, -0.25) is 9.59 Å². The van der Waals surface area contributed by atoms with Gasteiger partial charge in [0.25, 0.3) is 0 Å². The summed E-state index contributed by atoms with van der Waals surface area (Å²) in [5, 5.41) is 16.9. The van der Waals surface area contributed by atoms with Crippen LogP contribution in [-0.2, 0) is 22.6 Å². The molecule has 3 N–H and O–H groups in total. The highest BCUT2D eigenvalue weighted by Gasteiger charge is 2.23. The summed E-state index contributed by atoms with van der Waals surface area (Å²) in [5.74, 6) is -1.04. The van der Waals surface area contributed by atoms with E-state index in [0.717, 1.165) is 24.5 Å². The molecule has 0 aromatic heterocycles.